The fourth-order valence-electron chi connectivity index (χ4n) is 3.88. The maximum Gasteiger partial charge on any atom is 0.251 e. The summed E-state index contributed by atoms with van der Waals surface area (Å²) in [6.07, 6.45) is 5.28. The fourth-order valence-corrected chi connectivity index (χ4v) is 3.88. The van der Waals surface area contributed by atoms with Crippen LogP contribution in [0.3, 0.4) is 0 Å². The van der Waals surface area contributed by atoms with Crippen molar-refractivity contribution in [1.82, 2.24) is 5.32 Å². The standard InChI is InChI=1S/C24H30N2O4/c1-16(21-15-20(29-2)12-13-22(21)30-3)25-24(28)18-10-7-11-19(14-18)26-23(27)17-8-5-4-6-9-17/h7,10-17H,4-6,8-9H2,1-3H3,(H,25,28)(H,26,27). The number of benzene rings is 2. The Morgan fingerprint density at radius 2 is 1.77 bits per heavy atom. The molecule has 2 amide bonds. The van der Waals surface area contributed by atoms with Crippen molar-refractivity contribution < 1.29 is 19.1 Å². The lowest BCUT2D eigenvalue weighted by atomic mass is 9.88. The molecule has 1 aliphatic rings. The minimum Gasteiger partial charge on any atom is -0.497 e. The average Bonchev–Trinajstić information content (AvgIpc) is 2.79. The van der Waals surface area contributed by atoms with Crippen molar-refractivity contribution in [3.8, 4) is 11.5 Å². The van der Waals surface area contributed by atoms with Gasteiger partial charge in [0.25, 0.3) is 5.91 Å². The Labute approximate surface area is 178 Å². The molecule has 30 heavy (non-hydrogen) atoms. The molecule has 3 rings (SSSR count). The summed E-state index contributed by atoms with van der Waals surface area (Å²) in [6.45, 7) is 1.89. The molecule has 2 N–H and O–H groups in total. The van der Waals surface area contributed by atoms with Crippen LogP contribution in [0.15, 0.2) is 42.5 Å². The van der Waals surface area contributed by atoms with E-state index in [-0.39, 0.29) is 23.8 Å². The van der Waals surface area contributed by atoms with E-state index in [1.54, 1.807) is 32.4 Å². The molecular weight excluding hydrogens is 380 g/mol. The molecule has 0 spiro atoms. The van der Waals surface area contributed by atoms with Crippen LogP contribution >= 0.6 is 0 Å². The Bertz CT molecular complexity index is 891. The van der Waals surface area contributed by atoms with Crippen molar-refractivity contribution >= 4 is 17.5 Å². The molecule has 160 valence electrons. The molecule has 1 unspecified atom stereocenters. The molecule has 1 atom stereocenters. The molecule has 2 aromatic rings. The van der Waals surface area contributed by atoms with Gasteiger partial charge in [0.05, 0.1) is 20.3 Å². The fraction of sp³-hybridized carbons (Fsp3) is 0.417. The van der Waals surface area contributed by atoms with E-state index in [4.69, 9.17) is 9.47 Å². The van der Waals surface area contributed by atoms with Crippen molar-refractivity contribution in [2.75, 3.05) is 19.5 Å². The Morgan fingerprint density at radius 3 is 2.47 bits per heavy atom. The summed E-state index contributed by atoms with van der Waals surface area (Å²) in [5.74, 6) is 1.26. The van der Waals surface area contributed by atoms with Gasteiger partial charge in [-0.15, -0.1) is 0 Å². The van der Waals surface area contributed by atoms with Gasteiger partial charge in [-0.05, 0) is 56.2 Å². The summed E-state index contributed by atoms with van der Waals surface area (Å²) in [4.78, 5) is 25.3. The number of anilines is 1. The van der Waals surface area contributed by atoms with Gasteiger partial charge in [-0.2, -0.15) is 0 Å². The summed E-state index contributed by atoms with van der Waals surface area (Å²) < 4.78 is 10.7. The highest BCUT2D eigenvalue weighted by atomic mass is 16.5. The van der Waals surface area contributed by atoms with Gasteiger partial charge in [-0.1, -0.05) is 25.3 Å². The van der Waals surface area contributed by atoms with Gasteiger partial charge in [0.15, 0.2) is 0 Å². The minimum atomic E-state index is -0.289. The second-order valence-corrected chi connectivity index (χ2v) is 7.71. The maximum atomic E-state index is 12.8. The number of amides is 2. The van der Waals surface area contributed by atoms with Crippen LogP contribution in [0.25, 0.3) is 0 Å². The van der Waals surface area contributed by atoms with Crippen molar-refractivity contribution in [2.24, 2.45) is 5.92 Å². The molecule has 6 nitrogen and oxygen atoms in total. The normalized spacial score (nSPS) is 15.2. The molecule has 0 bridgehead atoms. The summed E-state index contributed by atoms with van der Waals surface area (Å²) in [6, 6.07) is 12.2. The first kappa shape index (κ1) is 21.7. The quantitative estimate of drug-likeness (QED) is 0.693. The average molecular weight is 411 g/mol. The number of carbonyl (C=O) groups is 2. The summed E-state index contributed by atoms with van der Waals surface area (Å²) in [7, 11) is 3.19. The summed E-state index contributed by atoms with van der Waals surface area (Å²) in [5, 5.41) is 5.96. The lowest BCUT2D eigenvalue weighted by Gasteiger charge is -2.21. The molecule has 0 aromatic heterocycles. The zero-order valence-electron chi connectivity index (χ0n) is 17.9. The first-order valence-electron chi connectivity index (χ1n) is 10.5. The van der Waals surface area contributed by atoms with Gasteiger partial charge >= 0.3 is 0 Å². The van der Waals surface area contributed by atoms with Crippen LogP contribution < -0.4 is 20.1 Å². The van der Waals surface area contributed by atoms with E-state index < -0.39 is 0 Å². The van der Waals surface area contributed by atoms with Crippen LogP contribution in [0, 0.1) is 5.92 Å². The van der Waals surface area contributed by atoms with Crippen LogP contribution in [-0.4, -0.2) is 26.0 Å². The summed E-state index contributed by atoms with van der Waals surface area (Å²) >= 11 is 0. The zero-order valence-corrected chi connectivity index (χ0v) is 17.9. The number of nitrogens with one attached hydrogen (secondary N) is 2. The molecular formula is C24H30N2O4. The number of hydrogen-bond donors (Lipinski definition) is 2. The Kier molecular flexibility index (Phi) is 7.33. The van der Waals surface area contributed by atoms with E-state index in [1.807, 2.05) is 31.2 Å². The molecule has 1 aliphatic carbocycles. The van der Waals surface area contributed by atoms with Crippen LogP contribution in [0.1, 0.15) is 61.0 Å². The van der Waals surface area contributed by atoms with Crippen molar-refractivity contribution in [3.05, 3.63) is 53.6 Å². The topological polar surface area (TPSA) is 76.7 Å². The number of ether oxygens (including phenoxy) is 2. The third-order valence-corrected chi connectivity index (χ3v) is 5.62. The van der Waals surface area contributed by atoms with E-state index in [9.17, 15) is 9.59 Å². The second kappa shape index (κ2) is 10.1. The van der Waals surface area contributed by atoms with E-state index in [2.05, 4.69) is 10.6 Å². The predicted octanol–water partition coefficient (Wildman–Crippen LogP) is 4.71. The van der Waals surface area contributed by atoms with Gasteiger partial charge in [0.1, 0.15) is 11.5 Å². The lowest BCUT2D eigenvalue weighted by molar-refractivity contribution is -0.120. The van der Waals surface area contributed by atoms with Crippen LogP contribution in [0.2, 0.25) is 0 Å². The Hall–Kier alpha value is -3.02. The van der Waals surface area contributed by atoms with Gasteiger partial charge in [0, 0.05) is 22.7 Å². The van der Waals surface area contributed by atoms with E-state index in [1.165, 1.54) is 6.42 Å². The van der Waals surface area contributed by atoms with Gasteiger partial charge in [-0.25, -0.2) is 0 Å². The molecule has 1 saturated carbocycles. The van der Waals surface area contributed by atoms with E-state index in [0.717, 1.165) is 31.2 Å². The molecule has 6 heteroatoms. The van der Waals surface area contributed by atoms with Crippen LogP contribution in [0.4, 0.5) is 5.69 Å². The smallest absolute Gasteiger partial charge is 0.251 e. The number of rotatable bonds is 7. The first-order valence-corrected chi connectivity index (χ1v) is 10.5. The molecule has 0 aliphatic heterocycles. The molecule has 1 fully saturated rings. The van der Waals surface area contributed by atoms with Crippen LogP contribution in [0.5, 0.6) is 11.5 Å². The molecule has 0 radical (unpaired) electrons. The number of carbonyl (C=O) groups excluding carboxylic acids is 2. The number of hydrogen-bond acceptors (Lipinski definition) is 4. The molecule has 0 heterocycles. The Morgan fingerprint density at radius 1 is 1.00 bits per heavy atom. The highest BCUT2D eigenvalue weighted by Gasteiger charge is 2.21. The first-order chi connectivity index (χ1) is 14.5. The zero-order chi connectivity index (χ0) is 21.5. The second-order valence-electron chi connectivity index (χ2n) is 7.71. The SMILES string of the molecule is COc1ccc(OC)c(C(C)NC(=O)c2cccc(NC(=O)C3CCCCC3)c2)c1. The minimum absolute atomic E-state index is 0.0433. The third-order valence-electron chi connectivity index (χ3n) is 5.62. The van der Waals surface area contributed by atoms with Crippen molar-refractivity contribution in [2.45, 2.75) is 45.1 Å². The molecule has 2 aromatic carbocycles. The molecule has 0 saturated heterocycles. The predicted molar refractivity (Wildman–Crippen MR) is 117 cm³/mol. The van der Waals surface area contributed by atoms with Crippen LogP contribution in [-0.2, 0) is 4.79 Å². The highest BCUT2D eigenvalue weighted by molar-refractivity contribution is 5.97. The third kappa shape index (κ3) is 5.32. The van der Waals surface area contributed by atoms with Gasteiger partial charge in [-0.3, -0.25) is 9.59 Å². The Balaban J connectivity index is 1.68. The number of methoxy groups -OCH3 is 2. The van der Waals surface area contributed by atoms with Crippen molar-refractivity contribution in [3.63, 3.8) is 0 Å². The highest BCUT2D eigenvalue weighted by Crippen LogP contribution is 2.29. The van der Waals surface area contributed by atoms with E-state index >= 15 is 0 Å². The summed E-state index contributed by atoms with van der Waals surface area (Å²) in [5.41, 5.74) is 1.96. The van der Waals surface area contributed by atoms with Gasteiger partial charge in [0.2, 0.25) is 5.91 Å². The largest absolute Gasteiger partial charge is 0.497 e. The maximum absolute atomic E-state index is 12.8. The van der Waals surface area contributed by atoms with Gasteiger partial charge < -0.3 is 20.1 Å². The lowest BCUT2D eigenvalue weighted by Crippen LogP contribution is -2.27. The van der Waals surface area contributed by atoms with Crippen molar-refractivity contribution in [1.29, 1.82) is 0 Å². The monoisotopic (exact) mass is 410 g/mol. The van der Waals surface area contributed by atoms with E-state index in [0.29, 0.717) is 22.7 Å².